The molecule has 0 bridgehead atoms. The Morgan fingerprint density at radius 3 is 2.95 bits per heavy atom. The first-order valence-electron chi connectivity index (χ1n) is 6.53. The van der Waals surface area contributed by atoms with Gasteiger partial charge in [0.25, 0.3) is 0 Å². The molecule has 1 aliphatic heterocycles. The maximum Gasteiger partial charge on any atom is 0.303 e. The topological polar surface area (TPSA) is 66.6 Å². The number of piperidine rings is 1. The van der Waals surface area contributed by atoms with Gasteiger partial charge in [0.1, 0.15) is 11.4 Å². The fraction of sp³-hybridized carbons (Fsp3) is 0.429. The van der Waals surface area contributed by atoms with Crippen molar-refractivity contribution in [2.45, 2.75) is 19.3 Å². The number of nitrogens with zero attached hydrogens (tertiary/aromatic N) is 2. The first kappa shape index (κ1) is 12.0. The maximum atomic E-state index is 10.7. The molecule has 0 aromatic carbocycles. The minimum Gasteiger partial charge on any atom is -0.481 e. The maximum absolute atomic E-state index is 10.7. The highest BCUT2D eigenvalue weighted by molar-refractivity contribution is 5.88. The van der Waals surface area contributed by atoms with Gasteiger partial charge in [-0.3, -0.25) is 4.79 Å². The molecular weight excluding hydrogens is 244 g/mol. The number of hydrogen-bond acceptors (Lipinski definition) is 4. The number of carboxylic acid groups (broad SMARTS) is 1. The van der Waals surface area contributed by atoms with E-state index in [0.717, 1.165) is 42.7 Å². The van der Waals surface area contributed by atoms with Crippen LogP contribution in [0.25, 0.3) is 11.0 Å². The van der Waals surface area contributed by atoms with Crippen LogP contribution in [0, 0.1) is 5.92 Å². The van der Waals surface area contributed by atoms with Gasteiger partial charge in [0.05, 0.1) is 11.6 Å². The average Bonchev–Trinajstić information content (AvgIpc) is 2.87. The minimum atomic E-state index is -0.700. The van der Waals surface area contributed by atoms with Crippen LogP contribution in [0.4, 0.5) is 5.82 Å². The molecular formula is C14H16N2O3. The van der Waals surface area contributed by atoms with Crippen LogP contribution in [0.1, 0.15) is 19.3 Å². The van der Waals surface area contributed by atoms with Crippen LogP contribution in [0.15, 0.2) is 29.0 Å². The van der Waals surface area contributed by atoms with Crippen LogP contribution < -0.4 is 4.90 Å². The van der Waals surface area contributed by atoms with E-state index < -0.39 is 5.97 Å². The summed E-state index contributed by atoms with van der Waals surface area (Å²) in [4.78, 5) is 17.4. The van der Waals surface area contributed by atoms with Gasteiger partial charge in [-0.25, -0.2) is 4.98 Å². The van der Waals surface area contributed by atoms with Gasteiger partial charge in [-0.2, -0.15) is 0 Å². The second-order valence-corrected chi connectivity index (χ2v) is 5.00. The number of aromatic nitrogens is 1. The largest absolute Gasteiger partial charge is 0.481 e. The van der Waals surface area contributed by atoms with E-state index in [0.29, 0.717) is 0 Å². The van der Waals surface area contributed by atoms with Crippen LogP contribution in [0.2, 0.25) is 0 Å². The Hall–Kier alpha value is -2.04. The Bertz CT molecular complexity index is 585. The molecule has 1 aliphatic rings. The number of anilines is 1. The molecule has 3 heterocycles. The van der Waals surface area contributed by atoms with Crippen molar-refractivity contribution in [2.75, 3.05) is 18.0 Å². The molecule has 1 N–H and O–H groups in total. The van der Waals surface area contributed by atoms with Crippen molar-refractivity contribution < 1.29 is 14.3 Å². The summed E-state index contributed by atoms with van der Waals surface area (Å²) in [6, 6.07) is 3.79. The SMILES string of the molecule is O=C(O)CC1CCN(c2nccc3occc23)CC1. The third-order valence-electron chi connectivity index (χ3n) is 3.74. The summed E-state index contributed by atoms with van der Waals surface area (Å²) in [5, 5.41) is 9.85. The van der Waals surface area contributed by atoms with E-state index in [1.807, 2.05) is 12.1 Å². The summed E-state index contributed by atoms with van der Waals surface area (Å²) in [6.07, 6.45) is 5.51. The van der Waals surface area contributed by atoms with Crippen LogP contribution in [0.5, 0.6) is 0 Å². The third-order valence-corrected chi connectivity index (χ3v) is 3.74. The lowest BCUT2D eigenvalue weighted by Crippen LogP contribution is -2.34. The normalized spacial score (nSPS) is 16.9. The Morgan fingerprint density at radius 2 is 2.21 bits per heavy atom. The molecule has 100 valence electrons. The molecule has 0 radical (unpaired) electrons. The number of rotatable bonds is 3. The smallest absolute Gasteiger partial charge is 0.303 e. The lowest BCUT2D eigenvalue weighted by molar-refractivity contribution is -0.138. The van der Waals surface area contributed by atoms with Crippen molar-refractivity contribution in [1.29, 1.82) is 0 Å². The number of hydrogen-bond donors (Lipinski definition) is 1. The number of aliphatic carboxylic acids is 1. The van der Waals surface area contributed by atoms with Gasteiger partial charge < -0.3 is 14.4 Å². The van der Waals surface area contributed by atoms with Gasteiger partial charge in [-0.1, -0.05) is 0 Å². The van der Waals surface area contributed by atoms with Gasteiger partial charge >= 0.3 is 5.97 Å². The third kappa shape index (κ3) is 2.41. The van der Waals surface area contributed by atoms with E-state index in [-0.39, 0.29) is 12.3 Å². The van der Waals surface area contributed by atoms with Gasteiger partial charge in [0.15, 0.2) is 0 Å². The summed E-state index contributed by atoms with van der Waals surface area (Å²) in [7, 11) is 0. The minimum absolute atomic E-state index is 0.275. The second kappa shape index (κ2) is 4.91. The Labute approximate surface area is 110 Å². The Kier molecular flexibility index (Phi) is 3.11. The Balaban J connectivity index is 1.75. The summed E-state index contributed by atoms with van der Waals surface area (Å²) >= 11 is 0. The molecule has 5 heteroatoms. The molecule has 0 unspecified atom stereocenters. The van der Waals surface area contributed by atoms with E-state index >= 15 is 0 Å². The van der Waals surface area contributed by atoms with Crippen LogP contribution in [-0.2, 0) is 4.79 Å². The lowest BCUT2D eigenvalue weighted by atomic mass is 9.93. The van der Waals surface area contributed by atoms with Crippen molar-refractivity contribution in [3.05, 3.63) is 24.6 Å². The monoisotopic (exact) mass is 260 g/mol. The summed E-state index contributed by atoms with van der Waals surface area (Å²) in [5.41, 5.74) is 0.845. The van der Waals surface area contributed by atoms with Crippen LogP contribution in [-0.4, -0.2) is 29.1 Å². The van der Waals surface area contributed by atoms with E-state index in [1.54, 1.807) is 12.5 Å². The molecule has 2 aromatic rings. The van der Waals surface area contributed by atoms with Gasteiger partial charge in [-0.15, -0.1) is 0 Å². The molecule has 5 nitrogen and oxygen atoms in total. The molecule has 2 aromatic heterocycles. The van der Waals surface area contributed by atoms with Gasteiger partial charge in [-0.05, 0) is 30.9 Å². The molecule has 3 rings (SSSR count). The zero-order valence-electron chi connectivity index (χ0n) is 10.6. The van der Waals surface area contributed by atoms with Crippen molar-refractivity contribution in [1.82, 2.24) is 4.98 Å². The number of pyridine rings is 1. The predicted octanol–water partition coefficient (Wildman–Crippen LogP) is 2.52. The number of fused-ring (bicyclic) bond motifs is 1. The number of carboxylic acids is 1. The number of furan rings is 1. The standard InChI is InChI=1S/C14H16N2O3/c17-13(18)9-10-2-6-16(7-3-10)14-11-4-8-19-12(11)1-5-15-14/h1,4-5,8,10H,2-3,6-7,9H2,(H,17,18). The highest BCUT2D eigenvalue weighted by atomic mass is 16.4. The van der Waals surface area contributed by atoms with Gasteiger partial charge in [0, 0.05) is 25.7 Å². The fourth-order valence-corrected chi connectivity index (χ4v) is 2.73. The second-order valence-electron chi connectivity index (χ2n) is 5.00. The molecule has 1 saturated heterocycles. The van der Waals surface area contributed by atoms with E-state index in [2.05, 4.69) is 9.88 Å². The predicted molar refractivity (Wildman–Crippen MR) is 71.2 cm³/mol. The molecule has 0 aliphatic carbocycles. The summed E-state index contributed by atoms with van der Waals surface area (Å²) in [5.74, 6) is 0.533. The molecule has 19 heavy (non-hydrogen) atoms. The zero-order chi connectivity index (χ0) is 13.2. The van der Waals surface area contributed by atoms with Crippen LogP contribution >= 0.6 is 0 Å². The molecule has 1 fully saturated rings. The molecule has 0 spiro atoms. The van der Waals surface area contributed by atoms with Crippen molar-refractivity contribution >= 4 is 22.8 Å². The summed E-state index contributed by atoms with van der Waals surface area (Å²) < 4.78 is 5.38. The highest BCUT2D eigenvalue weighted by Crippen LogP contribution is 2.29. The van der Waals surface area contributed by atoms with Crippen molar-refractivity contribution in [2.24, 2.45) is 5.92 Å². The lowest BCUT2D eigenvalue weighted by Gasteiger charge is -2.32. The first-order chi connectivity index (χ1) is 9.24. The van der Waals surface area contributed by atoms with Crippen LogP contribution in [0.3, 0.4) is 0 Å². The molecule has 0 amide bonds. The van der Waals surface area contributed by atoms with E-state index in [4.69, 9.17) is 9.52 Å². The van der Waals surface area contributed by atoms with Crippen molar-refractivity contribution in [3.8, 4) is 0 Å². The average molecular weight is 260 g/mol. The van der Waals surface area contributed by atoms with E-state index in [9.17, 15) is 4.79 Å². The number of carbonyl (C=O) groups is 1. The Morgan fingerprint density at radius 1 is 1.42 bits per heavy atom. The van der Waals surface area contributed by atoms with E-state index in [1.165, 1.54) is 0 Å². The molecule has 0 saturated carbocycles. The first-order valence-corrected chi connectivity index (χ1v) is 6.53. The molecule has 0 atom stereocenters. The summed E-state index contributed by atoms with van der Waals surface area (Å²) in [6.45, 7) is 1.71. The fourth-order valence-electron chi connectivity index (χ4n) is 2.73. The highest BCUT2D eigenvalue weighted by Gasteiger charge is 2.23. The quantitative estimate of drug-likeness (QED) is 0.918. The van der Waals surface area contributed by atoms with Gasteiger partial charge in [0.2, 0.25) is 0 Å². The van der Waals surface area contributed by atoms with Crippen molar-refractivity contribution in [3.63, 3.8) is 0 Å². The zero-order valence-corrected chi connectivity index (χ0v) is 10.6.